The maximum absolute atomic E-state index is 11.5. The average Bonchev–Trinajstić information content (AvgIpc) is 2.81. The molecule has 112 valence electrons. The lowest BCUT2D eigenvalue weighted by molar-refractivity contribution is 0.0605. The van der Waals surface area contributed by atoms with E-state index in [1.54, 1.807) is 0 Å². The van der Waals surface area contributed by atoms with Gasteiger partial charge in [-0.05, 0) is 52.2 Å². The van der Waals surface area contributed by atoms with Gasteiger partial charge in [0.15, 0.2) is 5.13 Å². The van der Waals surface area contributed by atoms with Crippen molar-refractivity contribution in [2.75, 3.05) is 39.1 Å². The fraction of sp³-hybridized carbons (Fsp3) is 0.714. The van der Waals surface area contributed by atoms with E-state index in [0.717, 1.165) is 23.3 Å². The molecule has 0 unspecified atom stereocenters. The van der Waals surface area contributed by atoms with Crippen molar-refractivity contribution in [2.45, 2.75) is 26.2 Å². The van der Waals surface area contributed by atoms with Gasteiger partial charge in [-0.2, -0.15) is 0 Å². The lowest BCUT2D eigenvalue weighted by atomic mass is 9.94. The Kier molecular flexibility index (Phi) is 5.37. The minimum absolute atomic E-state index is 0.302. The van der Waals surface area contributed by atoms with Gasteiger partial charge in [0.2, 0.25) is 0 Å². The second kappa shape index (κ2) is 7.04. The summed E-state index contributed by atoms with van der Waals surface area (Å²) in [5.41, 5.74) is 0.739. The standard InChI is InChI=1S/C14H23N3O2S/c1-10-12(13(18)19-3)20-14(16-10)15-7-4-11-5-8-17(2)9-6-11/h11H,4-9H2,1-3H3,(H,15,16). The fourth-order valence-corrected chi connectivity index (χ4v) is 3.40. The van der Waals surface area contributed by atoms with Crippen LogP contribution in [0.5, 0.6) is 0 Å². The molecule has 0 amide bonds. The summed E-state index contributed by atoms with van der Waals surface area (Å²) in [6.45, 7) is 5.16. The molecule has 0 spiro atoms. The first-order valence-corrected chi connectivity index (χ1v) is 7.90. The predicted molar refractivity (Wildman–Crippen MR) is 81.5 cm³/mol. The number of hydrogen-bond donors (Lipinski definition) is 1. The number of ether oxygens (including phenoxy) is 1. The van der Waals surface area contributed by atoms with Crippen LogP contribution in [0.3, 0.4) is 0 Å². The van der Waals surface area contributed by atoms with Gasteiger partial charge < -0.3 is 15.0 Å². The number of carbonyl (C=O) groups excluding carboxylic acids is 1. The Bertz CT molecular complexity index is 453. The Morgan fingerprint density at radius 3 is 2.85 bits per heavy atom. The van der Waals surface area contributed by atoms with E-state index in [0.29, 0.717) is 4.88 Å². The number of aryl methyl sites for hydroxylation is 1. The van der Waals surface area contributed by atoms with Gasteiger partial charge in [0, 0.05) is 6.54 Å². The van der Waals surface area contributed by atoms with Gasteiger partial charge in [0.1, 0.15) is 4.88 Å². The van der Waals surface area contributed by atoms with Crippen molar-refractivity contribution < 1.29 is 9.53 Å². The molecule has 6 heteroatoms. The molecular weight excluding hydrogens is 274 g/mol. The molecule has 1 N–H and O–H groups in total. The summed E-state index contributed by atoms with van der Waals surface area (Å²) in [5.74, 6) is 0.503. The fourth-order valence-electron chi connectivity index (χ4n) is 2.49. The Morgan fingerprint density at radius 1 is 1.50 bits per heavy atom. The third-order valence-corrected chi connectivity index (χ3v) is 4.93. The summed E-state index contributed by atoms with van der Waals surface area (Å²) in [6, 6.07) is 0. The summed E-state index contributed by atoms with van der Waals surface area (Å²) in [6.07, 6.45) is 3.73. The third kappa shape index (κ3) is 3.93. The summed E-state index contributed by atoms with van der Waals surface area (Å²) >= 11 is 1.37. The minimum Gasteiger partial charge on any atom is -0.465 e. The van der Waals surface area contributed by atoms with Crippen LogP contribution >= 0.6 is 11.3 Å². The first-order valence-electron chi connectivity index (χ1n) is 7.08. The smallest absolute Gasteiger partial charge is 0.350 e. The lowest BCUT2D eigenvalue weighted by Crippen LogP contribution is -2.30. The molecule has 1 aliphatic heterocycles. The number of hydrogen-bond acceptors (Lipinski definition) is 6. The quantitative estimate of drug-likeness (QED) is 0.846. The van der Waals surface area contributed by atoms with Crippen molar-refractivity contribution >= 4 is 22.4 Å². The molecule has 0 aliphatic carbocycles. The number of nitrogens with zero attached hydrogens (tertiary/aromatic N) is 2. The Morgan fingerprint density at radius 2 is 2.20 bits per heavy atom. The predicted octanol–water partition coefficient (Wildman–Crippen LogP) is 2.38. The molecule has 0 saturated carbocycles. The first kappa shape index (κ1) is 15.3. The number of esters is 1. The number of rotatable bonds is 5. The van der Waals surface area contributed by atoms with Gasteiger partial charge in [-0.3, -0.25) is 0 Å². The number of carbonyl (C=O) groups is 1. The zero-order chi connectivity index (χ0) is 14.5. The molecule has 20 heavy (non-hydrogen) atoms. The van der Waals surface area contributed by atoms with E-state index >= 15 is 0 Å². The molecule has 1 fully saturated rings. The molecule has 0 atom stereocenters. The van der Waals surface area contributed by atoms with Crippen molar-refractivity contribution in [3.8, 4) is 0 Å². The molecular formula is C14H23N3O2S. The number of nitrogens with one attached hydrogen (secondary N) is 1. The largest absolute Gasteiger partial charge is 0.465 e. The summed E-state index contributed by atoms with van der Waals surface area (Å²) in [7, 11) is 3.58. The van der Waals surface area contributed by atoms with Gasteiger partial charge in [-0.25, -0.2) is 9.78 Å². The van der Waals surface area contributed by atoms with Gasteiger partial charge >= 0.3 is 5.97 Å². The van der Waals surface area contributed by atoms with Gasteiger partial charge in [0.05, 0.1) is 12.8 Å². The number of anilines is 1. The number of aromatic nitrogens is 1. The number of thiazole rings is 1. The first-order chi connectivity index (χ1) is 9.60. The molecule has 1 aliphatic rings. The van der Waals surface area contributed by atoms with Crippen LogP contribution in [-0.2, 0) is 4.74 Å². The lowest BCUT2D eigenvalue weighted by Gasteiger charge is -2.28. The van der Waals surface area contributed by atoms with Crippen molar-refractivity contribution in [2.24, 2.45) is 5.92 Å². The van der Waals surface area contributed by atoms with Gasteiger partial charge in [0.25, 0.3) is 0 Å². The van der Waals surface area contributed by atoms with Crippen LogP contribution in [0, 0.1) is 12.8 Å². The molecule has 0 aromatic carbocycles. The highest BCUT2D eigenvalue weighted by Crippen LogP contribution is 2.24. The zero-order valence-corrected chi connectivity index (χ0v) is 13.3. The van der Waals surface area contributed by atoms with Crippen molar-refractivity contribution in [1.82, 2.24) is 9.88 Å². The van der Waals surface area contributed by atoms with E-state index in [1.165, 1.54) is 50.8 Å². The molecule has 1 aromatic rings. The molecule has 0 radical (unpaired) electrons. The second-order valence-corrected chi connectivity index (χ2v) is 6.39. The monoisotopic (exact) mass is 297 g/mol. The summed E-state index contributed by atoms with van der Waals surface area (Å²) in [5, 5.41) is 4.14. The van der Waals surface area contributed by atoms with Crippen LogP contribution < -0.4 is 5.32 Å². The van der Waals surface area contributed by atoms with Crippen LogP contribution in [-0.4, -0.2) is 49.6 Å². The maximum Gasteiger partial charge on any atom is 0.350 e. The van der Waals surface area contributed by atoms with Crippen molar-refractivity contribution in [1.29, 1.82) is 0 Å². The number of piperidine rings is 1. The zero-order valence-electron chi connectivity index (χ0n) is 12.4. The van der Waals surface area contributed by atoms with Gasteiger partial charge in [-0.15, -0.1) is 0 Å². The average molecular weight is 297 g/mol. The van der Waals surface area contributed by atoms with Gasteiger partial charge in [-0.1, -0.05) is 11.3 Å². The number of likely N-dealkylation sites (tertiary alicyclic amines) is 1. The summed E-state index contributed by atoms with van der Waals surface area (Å²) < 4.78 is 4.74. The highest BCUT2D eigenvalue weighted by Gasteiger charge is 2.17. The highest BCUT2D eigenvalue weighted by molar-refractivity contribution is 7.17. The molecule has 2 rings (SSSR count). The highest BCUT2D eigenvalue weighted by atomic mass is 32.1. The Hall–Kier alpha value is -1.14. The third-order valence-electron chi connectivity index (χ3n) is 3.83. The maximum atomic E-state index is 11.5. The molecule has 0 bridgehead atoms. The van der Waals surface area contributed by atoms with Crippen molar-refractivity contribution in [3.63, 3.8) is 0 Å². The second-order valence-electron chi connectivity index (χ2n) is 5.39. The molecule has 2 heterocycles. The van der Waals surface area contributed by atoms with Crippen LogP contribution in [0.25, 0.3) is 0 Å². The van der Waals surface area contributed by atoms with Crippen LogP contribution in [0.2, 0.25) is 0 Å². The van der Waals surface area contributed by atoms with Crippen molar-refractivity contribution in [3.05, 3.63) is 10.6 Å². The molecule has 5 nitrogen and oxygen atoms in total. The van der Waals surface area contributed by atoms with Crippen LogP contribution in [0.1, 0.15) is 34.6 Å². The summed E-state index contributed by atoms with van der Waals surface area (Å²) in [4.78, 5) is 18.9. The Balaban J connectivity index is 1.78. The topological polar surface area (TPSA) is 54.5 Å². The molecule has 1 saturated heterocycles. The van der Waals surface area contributed by atoms with E-state index in [-0.39, 0.29) is 5.97 Å². The minimum atomic E-state index is -0.302. The van der Waals surface area contributed by atoms with Crippen LogP contribution in [0.15, 0.2) is 0 Å². The van der Waals surface area contributed by atoms with E-state index < -0.39 is 0 Å². The van der Waals surface area contributed by atoms with E-state index in [9.17, 15) is 4.79 Å². The normalized spacial score (nSPS) is 17.1. The SMILES string of the molecule is COC(=O)c1sc(NCCC2CCN(C)CC2)nc1C. The number of methoxy groups -OCH3 is 1. The van der Waals surface area contributed by atoms with Crippen LogP contribution in [0.4, 0.5) is 5.13 Å². The van der Waals surface area contributed by atoms with E-state index in [1.807, 2.05) is 6.92 Å². The molecule has 1 aromatic heterocycles. The van der Waals surface area contributed by atoms with E-state index in [2.05, 4.69) is 22.2 Å². The van der Waals surface area contributed by atoms with E-state index in [4.69, 9.17) is 4.74 Å². The Labute approximate surface area is 124 Å².